The standard InChI is InChI=1S/C12H7F17O2/c1-2-31-4(30)3-5(13,14)6(15,16)7(17,18)8(19,20)9(21,22)10(23,24)11(25,26)12(27,28)29/h2-3H2,1H3. The van der Waals surface area contributed by atoms with Crippen molar-refractivity contribution in [3.05, 3.63) is 0 Å². The minimum absolute atomic E-state index is 0.834. The molecule has 0 saturated heterocycles. The smallest absolute Gasteiger partial charge is 0.460 e. The molecule has 0 N–H and O–H groups in total. The molecule has 186 valence electrons. The van der Waals surface area contributed by atoms with E-state index in [-0.39, 0.29) is 0 Å². The lowest BCUT2D eigenvalue weighted by Gasteiger charge is -2.42. The average molecular weight is 506 g/mol. The number of rotatable bonds is 9. The van der Waals surface area contributed by atoms with Gasteiger partial charge in [-0.1, -0.05) is 0 Å². The Morgan fingerprint density at radius 1 is 0.548 bits per heavy atom. The fourth-order valence-electron chi connectivity index (χ4n) is 1.70. The van der Waals surface area contributed by atoms with Crippen LogP contribution in [0.15, 0.2) is 0 Å². The summed E-state index contributed by atoms with van der Waals surface area (Å²) >= 11 is 0. The van der Waals surface area contributed by atoms with Gasteiger partial charge in [0.25, 0.3) is 0 Å². The average Bonchev–Trinajstić information content (AvgIpc) is 2.52. The first-order valence-corrected chi connectivity index (χ1v) is 7.07. The second kappa shape index (κ2) is 7.70. The number of hydrogen-bond donors (Lipinski definition) is 0. The highest BCUT2D eigenvalue weighted by Gasteiger charge is 2.95. The summed E-state index contributed by atoms with van der Waals surface area (Å²) in [5.74, 6) is -59.7. The van der Waals surface area contributed by atoms with Gasteiger partial charge in [-0.3, -0.25) is 4.79 Å². The van der Waals surface area contributed by atoms with E-state index < -0.39 is 66.6 Å². The van der Waals surface area contributed by atoms with Crippen molar-refractivity contribution in [1.29, 1.82) is 0 Å². The summed E-state index contributed by atoms with van der Waals surface area (Å²) < 4.78 is 223. The van der Waals surface area contributed by atoms with E-state index in [9.17, 15) is 79.4 Å². The minimum atomic E-state index is -8.69. The lowest BCUT2D eigenvalue weighted by Crippen LogP contribution is -2.74. The SMILES string of the molecule is CCOC(=O)CC(F)(F)C(F)(F)C(F)(F)C(F)(F)C(F)(F)C(F)(F)C(F)(F)C(F)(F)F. The molecule has 31 heavy (non-hydrogen) atoms. The van der Waals surface area contributed by atoms with Gasteiger partial charge in [-0.2, -0.15) is 74.6 Å². The molecule has 0 spiro atoms. The van der Waals surface area contributed by atoms with E-state index in [0.29, 0.717) is 0 Å². The molecule has 0 bridgehead atoms. The molecule has 0 radical (unpaired) electrons. The summed E-state index contributed by atoms with van der Waals surface area (Å²) in [5.41, 5.74) is 0. The molecule has 19 heteroatoms. The van der Waals surface area contributed by atoms with E-state index >= 15 is 0 Å². The lowest BCUT2D eigenvalue weighted by molar-refractivity contribution is -0.461. The minimum Gasteiger partial charge on any atom is -0.466 e. The summed E-state index contributed by atoms with van der Waals surface area (Å²) in [6, 6.07) is 0. The molecule has 0 aromatic carbocycles. The van der Waals surface area contributed by atoms with Crippen LogP contribution in [-0.4, -0.2) is 60.2 Å². The zero-order valence-corrected chi connectivity index (χ0v) is 14.2. The molecule has 0 saturated carbocycles. The van der Waals surface area contributed by atoms with Crippen LogP contribution in [0.1, 0.15) is 13.3 Å². The molecule has 0 aliphatic carbocycles. The van der Waals surface area contributed by atoms with Crippen molar-refractivity contribution in [3.63, 3.8) is 0 Å². The Hall–Kier alpha value is -1.72. The Kier molecular flexibility index (Phi) is 7.27. The molecule has 0 amide bonds. The highest BCUT2D eigenvalue weighted by Crippen LogP contribution is 2.64. The van der Waals surface area contributed by atoms with Crippen LogP contribution in [0.4, 0.5) is 74.6 Å². The first-order chi connectivity index (χ1) is 13.2. The highest BCUT2D eigenvalue weighted by molar-refractivity contribution is 5.70. The van der Waals surface area contributed by atoms with E-state index in [0.717, 1.165) is 6.92 Å². The maximum Gasteiger partial charge on any atom is 0.460 e. The maximum atomic E-state index is 13.4. The van der Waals surface area contributed by atoms with E-state index in [2.05, 4.69) is 4.74 Å². The summed E-state index contributed by atoms with van der Waals surface area (Å²) in [5, 5.41) is 0. The number of halogens is 17. The summed E-state index contributed by atoms with van der Waals surface area (Å²) in [6.45, 7) is -0.0513. The molecule has 0 unspecified atom stereocenters. The van der Waals surface area contributed by atoms with Crippen LogP contribution in [0, 0.1) is 0 Å². The summed E-state index contributed by atoms with van der Waals surface area (Å²) in [6.07, 6.45) is -11.0. The number of carbonyl (C=O) groups is 1. The van der Waals surface area contributed by atoms with Crippen molar-refractivity contribution in [2.75, 3.05) is 6.61 Å². The molecule has 0 aliphatic rings. The Morgan fingerprint density at radius 3 is 1.13 bits per heavy atom. The third kappa shape index (κ3) is 4.07. The van der Waals surface area contributed by atoms with E-state index in [1.54, 1.807) is 0 Å². The normalized spacial score (nSPS) is 15.8. The van der Waals surface area contributed by atoms with Crippen molar-refractivity contribution in [3.8, 4) is 0 Å². The van der Waals surface area contributed by atoms with Crippen molar-refractivity contribution < 1.29 is 84.2 Å². The van der Waals surface area contributed by atoms with E-state index in [4.69, 9.17) is 0 Å². The molecular formula is C12H7F17O2. The summed E-state index contributed by atoms with van der Waals surface area (Å²) in [7, 11) is 0. The molecule has 0 rings (SSSR count). The maximum absolute atomic E-state index is 13.4. The summed E-state index contributed by atoms with van der Waals surface area (Å²) in [4.78, 5) is 10.7. The lowest BCUT2D eigenvalue weighted by atomic mass is 9.88. The van der Waals surface area contributed by atoms with Crippen LogP contribution >= 0.6 is 0 Å². The fourth-order valence-corrected chi connectivity index (χ4v) is 1.70. The van der Waals surface area contributed by atoms with Gasteiger partial charge < -0.3 is 4.74 Å². The van der Waals surface area contributed by atoms with Crippen LogP contribution in [0.2, 0.25) is 0 Å². The van der Waals surface area contributed by atoms with Crippen molar-refractivity contribution in [2.45, 2.75) is 61.0 Å². The van der Waals surface area contributed by atoms with Gasteiger partial charge in [-0.25, -0.2) is 0 Å². The van der Waals surface area contributed by atoms with Crippen LogP contribution in [-0.2, 0) is 9.53 Å². The first kappa shape index (κ1) is 29.3. The van der Waals surface area contributed by atoms with Gasteiger partial charge in [0.2, 0.25) is 0 Å². The molecule has 0 heterocycles. The van der Waals surface area contributed by atoms with Gasteiger partial charge >= 0.3 is 53.6 Å². The number of ether oxygens (including phenoxy) is 1. The molecule has 0 fully saturated rings. The van der Waals surface area contributed by atoms with Gasteiger partial charge in [0.1, 0.15) is 6.42 Å². The van der Waals surface area contributed by atoms with E-state index in [1.807, 2.05) is 0 Å². The Labute approximate surface area is 159 Å². The topological polar surface area (TPSA) is 26.3 Å². The molecule has 0 aromatic rings. The van der Waals surface area contributed by atoms with Crippen LogP contribution in [0.5, 0.6) is 0 Å². The Bertz CT molecular complexity index is 663. The van der Waals surface area contributed by atoms with Crippen molar-refractivity contribution >= 4 is 5.97 Å². The largest absolute Gasteiger partial charge is 0.466 e. The van der Waals surface area contributed by atoms with Crippen LogP contribution < -0.4 is 0 Å². The first-order valence-electron chi connectivity index (χ1n) is 7.07. The van der Waals surface area contributed by atoms with Gasteiger partial charge in [0, 0.05) is 0 Å². The molecule has 2 nitrogen and oxygen atoms in total. The third-order valence-electron chi connectivity index (χ3n) is 3.46. The Morgan fingerprint density at radius 2 is 0.839 bits per heavy atom. The molecule has 0 atom stereocenters. The number of hydrogen-bond acceptors (Lipinski definition) is 2. The van der Waals surface area contributed by atoms with Crippen LogP contribution in [0.25, 0.3) is 0 Å². The zero-order valence-electron chi connectivity index (χ0n) is 14.2. The van der Waals surface area contributed by atoms with Crippen LogP contribution in [0.3, 0.4) is 0 Å². The zero-order chi connectivity index (χ0) is 25.7. The number of esters is 1. The Balaban J connectivity index is 6.59. The molecule has 0 aliphatic heterocycles. The second-order valence-corrected chi connectivity index (χ2v) is 5.63. The van der Waals surface area contributed by atoms with Gasteiger partial charge in [-0.15, -0.1) is 0 Å². The monoisotopic (exact) mass is 506 g/mol. The van der Waals surface area contributed by atoms with Gasteiger partial charge in [0.15, 0.2) is 0 Å². The number of alkyl halides is 17. The predicted molar refractivity (Wildman–Crippen MR) is 61.9 cm³/mol. The van der Waals surface area contributed by atoms with Gasteiger partial charge in [0.05, 0.1) is 6.61 Å². The number of carbonyl (C=O) groups excluding carboxylic acids is 1. The predicted octanol–water partition coefficient (Wildman–Crippen LogP) is 5.95. The third-order valence-corrected chi connectivity index (χ3v) is 3.46. The van der Waals surface area contributed by atoms with Crippen molar-refractivity contribution in [1.82, 2.24) is 0 Å². The quantitative estimate of drug-likeness (QED) is 0.286. The molecular weight excluding hydrogens is 499 g/mol. The van der Waals surface area contributed by atoms with Crippen molar-refractivity contribution in [2.24, 2.45) is 0 Å². The highest BCUT2D eigenvalue weighted by atomic mass is 19.4. The van der Waals surface area contributed by atoms with E-state index in [1.165, 1.54) is 0 Å². The fraction of sp³-hybridized carbons (Fsp3) is 0.917. The van der Waals surface area contributed by atoms with Gasteiger partial charge in [-0.05, 0) is 6.92 Å². The second-order valence-electron chi connectivity index (χ2n) is 5.63. The molecule has 0 aromatic heterocycles.